The van der Waals surface area contributed by atoms with E-state index in [4.69, 9.17) is 6.85 Å². The van der Waals surface area contributed by atoms with Crippen molar-refractivity contribution in [2.45, 2.75) is 46.3 Å². The molecule has 0 aliphatic rings. The normalized spacial score (nSPS) is 23.2. The van der Waals surface area contributed by atoms with E-state index in [9.17, 15) is 0 Å². The van der Waals surface area contributed by atoms with E-state index in [1.54, 1.807) is 32.9 Å². The lowest BCUT2D eigenvalue weighted by Gasteiger charge is -2.13. The summed E-state index contributed by atoms with van der Waals surface area (Å²) in [5, 5.41) is 0. The van der Waals surface area contributed by atoms with Gasteiger partial charge in [-0.1, -0.05) is 45.8 Å². The van der Waals surface area contributed by atoms with Crippen molar-refractivity contribution in [3.05, 3.63) is 34.9 Å². The highest BCUT2D eigenvalue weighted by atomic mass is 14.1. The van der Waals surface area contributed by atoms with Crippen molar-refractivity contribution in [1.82, 2.24) is 0 Å². The van der Waals surface area contributed by atoms with Crippen LogP contribution in [0.1, 0.15) is 63.0 Å². The molecular formula is C13H20. The first-order valence-electron chi connectivity index (χ1n) is 6.99. The SMILES string of the molecule is [2H]C(C)(C)c1ccc(C)c(C([2H])(C)C([2H])([2H])[2H])c1. The van der Waals surface area contributed by atoms with Crippen molar-refractivity contribution in [2.75, 3.05) is 0 Å². The number of hydrogen-bond donors (Lipinski definition) is 0. The Bertz CT molecular complexity index is 438. The third-order valence-corrected chi connectivity index (χ3v) is 2.22. The van der Waals surface area contributed by atoms with Crippen molar-refractivity contribution >= 4 is 0 Å². The van der Waals surface area contributed by atoms with Crippen LogP contribution in [-0.4, -0.2) is 0 Å². The Kier molecular flexibility index (Phi) is 1.58. The predicted octanol–water partition coefficient (Wildman–Crippen LogP) is 4.24. The molecule has 0 saturated carbocycles. The smallest absolute Gasteiger partial charge is 0.0347 e. The zero-order valence-electron chi connectivity index (χ0n) is 13.7. The van der Waals surface area contributed by atoms with Gasteiger partial charge in [-0.2, -0.15) is 0 Å². The maximum absolute atomic E-state index is 8.14. The van der Waals surface area contributed by atoms with Crippen molar-refractivity contribution in [2.24, 2.45) is 0 Å². The van der Waals surface area contributed by atoms with E-state index in [0.717, 1.165) is 11.1 Å². The summed E-state index contributed by atoms with van der Waals surface area (Å²) in [6, 6.07) is 5.29. The van der Waals surface area contributed by atoms with Gasteiger partial charge < -0.3 is 0 Å². The molecule has 0 aliphatic heterocycles. The van der Waals surface area contributed by atoms with Crippen LogP contribution in [0.5, 0.6) is 0 Å². The number of hydrogen-bond acceptors (Lipinski definition) is 0. The molecule has 0 amide bonds. The molecule has 0 nitrogen and oxygen atoms in total. The number of rotatable bonds is 2. The van der Waals surface area contributed by atoms with E-state index in [1.807, 2.05) is 6.07 Å². The molecule has 0 radical (unpaired) electrons. The zero-order chi connectivity index (χ0) is 14.4. The maximum Gasteiger partial charge on any atom is 0.0347 e. The summed E-state index contributed by atoms with van der Waals surface area (Å²) >= 11 is 0. The molecule has 1 rings (SSSR count). The van der Waals surface area contributed by atoms with Gasteiger partial charge in [-0.3, -0.25) is 0 Å². The van der Waals surface area contributed by atoms with Crippen LogP contribution in [0.3, 0.4) is 0 Å². The molecule has 0 fully saturated rings. The zero-order valence-corrected chi connectivity index (χ0v) is 8.73. The minimum absolute atomic E-state index is 0.473. The van der Waals surface area contributed by atoms with E-state index in [1.165, 1.54) is 6.92 Å². The highest BCUT2D eigenvalue weighted by molar-refractivity contribution is 5.34. The fourth-order valence-electron chi connectivity index (χ4n) is 1.34. The molecule has 72 valence electrons. The number of benzene rings is 1. The Hall–Kier alpha value is -0.780. The second kappa shape index (κ2) is 3.95. The molecule has 1 unspecified atom stereocenters. The van der Waals surface area contributed by atoms with Crippen LogP contribution >= 0.6 is 0 Å². The molecule has 0 aliphatic carbocycles. The van der Waals surface area contributed by atoms with Gasteiger partial charge in [0.15, 0.2) is 0 Å². The average Bonchev–Trinajstić information content (AvgIpc) is 2.14. The number of aryl methyl sites for hydroxylation is 1. The lowest BCUT2D eigenvalue weighted by atomic mass is 9.92. The van der Waals surface area contributed by atoms with Crippen molar-refractivity contribution in [3.8, 4) is 0 Å². The standard InChI is InChI=1S/C13H20/c1-9(2)12-7-6-11(5)13(8-12)10(3)4/h6-10H,1-5H3/i3D3,9D,10D. The fourth-order valence-corrected chi connectivity index (χ4v) is 1.34. The van der Waals surface area contributed by atoms with Gasteiger partial charge in [-0.05, 0) is 35.4 Å². The quantitative estimate of drug-likeness (QED) is 0.640. The summed E-state index contributed by atoms with van der Waals surface area (Å²) < 4.78 is 38.6. The summed E-state index contributed by atoms with van der Waals surface area (Å²) in [5.74, 6) is -2.45. The average molecular weight is 181 g/mol. The van der Waals surface area contributed by atoms with Gasteiger partial charge in [0.2, 0.25) is 0 Å². The molecule has 1 aromatic carbocycles. The van der Waals surface area contributed by atoms with Gasteiger partial charge >= 0.3 is 0 Å². The third kappa shape index (κ3) is 2.33. The van der Waals surface area contributed by atoms with Crippen molar-refractivity contribution in [3.63, 3.8) is 0 Å². The first kappa shape index (κ1) is 5.19. The topological polar surface area (TPSA) is 0 Å². The van der Waals surface area contributed by atoms with Gasteiger partial charge in [-0.25, -0.2) is 0 Å². The summed E-state index contributed by atoms with van der Waals surface area (Å²) in [4.78, 5) is 0. The van der Waals surface area contributed by atoms with E-state index in [2.05, 4.69) is 0 Å². The van der Waals surface area contributed by atoms with Gasteiger partial charge in [0.05, 0.1) is 0 Å². The largest absolute Gasteiger partial charge is 0.0588 e. The highest BCUT2D eigenvalue weighted by Crippen LogP contribution is 2.23. The molecule has 0 bridgehead atoms. The van der Waals surface area contributed by atoms with Gasteiger partial charge in [0.25, 0.3) is 0 Å². The van der Waals surface area contributed by atoms with E-state index >= 15 is 0 Å². The van der Waals surface area contributed by atoms with Crippen LogP contribution < -0.4 is 0 Å². The van der Waals surface area contributed by atoms with Crippen LogP contribution in [0.25, 0.3) is 0 Å². The molecule has 1 atom stereocenters. The van der Waals surface area contributed by atoms with Gasteiger partial charge in [0, 0.05) is 6.85 Å². The Balaban J connectivity index is 3.42. The summed E-state index contributed by atoms with van der Waals surface area (Å²) in [6.45, 7) is 4.32. The fraction of sp³-hybridized carbons (Fsp3) is 0.538. The Morgan fingerprint density at radius 1 is 1.23 bits per heavy atom. The second-order valence-electron chi connectivity index (χ2n) is 3.65. The summed E-state index contributed by atoms with van der Waals surface area (Å²) in [6.07, 6.45) is 0. The monoisotopic (exact) mass is 181 g/mol. The summed E-state index contributed by atoms with van der Waals surface area (Å²) in [5.41, 5.74) is 1.97. The minimum Gasteiger partial charge on any atom is -0.0588 e. The molecule has 1 aromatic rings. The molecule has 0 saturated heterocycles. The molecule has 0 spiro atoms. The molecule has 0 aromatic heterocycles. The predicted molar refractivity (Wildman–Crippen MR) is 59.4 cm³/mol. The maximum atomic E-state index is 8.14. The van der Waals surface area contributed by atoms with E-state index in [0.29, 0.717) is 5.56 Å². The Labute approximate surface area is 89.0 Å². The second-order valence-corrected chi connectivity index (χ2v) is 3.65. The minimum atomic E-state index is -2.39. The van der Waals surface area contributed by atoms with Crippen LogP contribution in [0.4, 0.5) is 0 Å². The van der Waals surface area contributed by atoms with Crippen LogP contribution in [-0.2, 0) is 0 Å². The van der Waals surface area contributed by atoms with Crippen LogP contribution in [0.2, 0.25) is 0 Å². The molecule has 0 N–H and O–H groups in total. The lowest BCUT2D eigenvalue weighted by molar-refractivity contribution is 0.827. The van der Waals surface area contributed by atoms with Crippen molar-refractivity contribution in [1.29, 1.82) is 0 Å². The van der Waals surface area contributed by atoms with Gasteiger partial charge in [-0.15, -0.1) is 0 Å². The van der Waals surface area contributed by atoms with Crippen LogP contribution in [0.15, 0.2) is 18.2 Å². The van der Waals surface area contributed by atoms with Crippen molar-refractivity contribution < 1.29 is 6.85 Å². The Morgan fingerprint density at radius 2 is 1.92 bits per heavy atom. The molecule has 0 heterocycles. The molecular weight excluding hydrogens is 156 g/mol. The van der Waals surface area contributed by atoms with Gasteiger partial charge in [0.1, 0.15) is 0 Å². The highest BCUT2D eigenvalue weighted by Gasteiger charge is 2.06. The van der Waals surface area contributed by atoms with E-state index in [-0.39, 0.29) is 0 Å². The first-order chi connectivity index (χ1) is 7.87. The van der Waals surface area contributed by atoms with Crippen LogP contribution in [0, 0.1) is 6.92 Å². The van der Waals surface area contributed by atoms with E-state index < -0.39 is 18.6 Å². The third-order valence-electron chi connectivity index (χ3n) is 2.22. The summed E-state index contributed by atoms with van der Waals surface area (Å²) in [7, 11) is 0. The molecule has 13 heavy (non-hydrogen) atoms. The molecule has 0 heteroatoms. The first-order valence-corrected chi connectivity index (χ1v) is 4.49. The Morgan fingerprint density at radius 3 is 2.46 bits per heavy atom. The lowest BCUT2D eigenvalue weighted by Crippen LogP contribution is -1.95.